The number of carbonyl (C=O) groups is 1. The van der Waals surface area contributed by atoms with E-state index in [1.807, 2.05) is 0 Å². The van der Waals surface area contributed by atoms with Gasteiger partial charge < -0.3 is 9.84 Å². The standard InChI is InChI=1S/C24H23ClFN3O2S/c1-12-19(21(29-31-12)20-16(25)6-5-7-17(20)26)22(30)28-23-15(11-27)14-9-8-13(24(2,3)4)10-18(14)32-23/h5-7,13H,8-10H2,1-4H3,(H,28,30)/t13-/m1/s1. The number of aromatic nitrogens is 1. The number of nitrogens with zero attached hydrogens (tertiary/aromatic N) is 2. The summed E-state index contributed by atoms with van der Waals surface area (Å²) in [5.41, 5.74) is 1.84. The molecule has 0 unspecified atom stereocenters. The van der Waals surface area contributed by atoms with Crippen LogP contribution in [0.15, 0.2) is 22.7 Å². The summed E-state index contributed by atoms with van der Waals surface area (Å²) in [4.78, 5) is 14.4. The molecule has 166 valence electrons. The predicted molar refractivity (Wildman–Crippen MR) is 124 cm³/mol. The van der Waals surface area contributed by atoms with Crippen LogP contribution in [0.5, 0.6) is 0 Å². The number of amides is 1. The summed E-state index contributed by atoms with van der Waals surface area (Å²) in [5.74, 6) is -0.360. The van der Waals surface area contributed by atoms with E-state index in [1.165, 1.54) is 29.5 Å². The van der Waals surface area contributed by atoms with Gasteiger partial charge in [-0.3, -0.25) is 4.79 Å². The Bertz CT molecular complexity index is 1230. The van der Waals surface area contributed by atoms with Crippen molar-refractivity contribution in [2.24, 2.45) is 11.3 Å². The molecule has 8 heteroatoms. The average molecular weight is 472 g/mol. The summed E-state index contributed by atoms with van der Waals surface area (Å²) in [6.07, 6.45) is 2.71. The first-order valence-corrected chi connectivity index (χ1v) is 11.6. The minimum atomic E-state index is -0.600. The lowest BCUT2D eigenvalue weighted by Gasteiger charge is -2.33. The summed E-state index contributed by atoms with van der Waals surface area (Å²) < 4.78 is 19.7. The number of anilines is 1. The number of halogens is 2. The first-order chi connectivity index (χ1) is 15.1. The molecule has 0 radical (unpaired) electrons. The van der Waals surface area contributed by atoms with E-state index in [1.54, 1.807) is 6.92 Å². The molecule has 1 amide bonds. The zero-order chi connectivity index (χ0) is 23.2. The molecular formula is C24H23ClFN3O2S. The summed E-state index contributed by atoms with van der Waals surface area (Å²) in [6, 6.07) is 6.52. The quantitative estimate of drug-likeness (QED) is 0.456. The smallest absolute Gasteiger partial charge is 0.262 e. The van der Waals surface area contributed by atoms with Crippen LogP contribution < -0.4 is 5.32 Å². The SMILES string of the molecule is Cc1onc(-c2c(F)cccc2Cl)c1C(=O)Nc1sc2c(c1C#N)CC[C@@H](C(C)(C)C)C2. The Hall–Kier alpha value is -2.69. The number of nitrogens with one attached hydrogen (secondary N) is 1. The maximum Gasteiger partial charge on any atom is 0.262 e. The Balaban J connectivity index is 1.69. The summed E-state index contributed by atoms with van der Waals surface area (Å²) >= 11 is 7.62. The van der Waals surface area contributed by atoms with Crippen LogP contribution >= 0.6 is 22.9 Å². The molecule has 5 nitrogen and oxygen atoms in total. The Morgan fingerprint density at radius 3 is 2.81 bits per heavy atom. The number of fused-ring (bicyclic) bond motifs is 1. The van der Waals surface area contributed by atoms with Crippen LogP contribution in [0.2, 0.25) is 5.02 Å². The second-order valence-corrected chi connectivity index (χ2v) is 10.7. The van der Waals surface area contributed by atoms with Crippen molar-refractivity contribution in [3.05, 3.63) is 56.4 Å². The van der Waals surface area contributed by atoms with Gasteiger partial charge in [0.25, 0.3) is 5.91 Å². The molecule has 4 rings (SSSR count). The lowest BCUT2D eigenvalue weighted by atomic mass is 9.72. The molecule has 0 spiro atoms. The maximum atomic E-state index is 14.5. The van der Waals surface area contributed by atoms with Gasteiger partial charge in [0, 0.05) is 4.88 Å². The first kappa shape index (κ1) is 22.5. The topological polar surface area (TPSA) is 78.9 Å². The Morgan fingerprint density at radius 1 is 1.41 bits per heavy atom. The molecule has 0 fully saturated rings. The van der Waals surface area contributed by atoms with E-state index in [9.17, 15) is 14.4 Å². The molecule has 0 saturated heterocycles. The highest BCUT2D eigenvalue weighted by molar-refractivity contribution is 7.16. The van der Waals surface area contributed by atoms with Gasteiger partial charge in [0.05, 0.1) is 16.1 Å². The van der Waals surface area contributed by atoms with Crippen LogP contribution in [0.1, 0.15) is 59.3 Å². The van der Waals surface area contributed by atoms with E-state index < -0.39 is 11.7 Å². The van der Waals surface area contributed by atoms with E-state index in [0.717, 1.165) is 29.7 Å². The van der Waals surface area contributed by atoms with E-state index in [2.05, 4.69) is 37.3 Å². The fourth-order valence-corrected chi connectivity index (χ4v) is 5.76. The van der Waals surface area contributed by atoms with Crippen molar-refractivity contribution < 1.29 is 13.7 Å². The first-order valence-electron chi connectivity index (χ1n) is 10.4. The van der Waals surface area contributed by atoms with Crippen LogP contribution in [0, 0.1) is 35.4 Å². The van der Waals surface area contributed by atoms with Gasteiger partial charge in [-0.15, -0.1) is 11.3 Å². The van der Waals surface area contributed by atoms with Gasteiger partial charge in [-0.25, -0.2) is 4.39 Å². The molecule has 3 aromatic rings. The van der Waals surface area contributed by atoms with Gasteiger partial charge in [0.1, 0.15) is 33.9 Å². The van der Waals surface area contributed by atoms with Crippen molar-refractivity contribution in [1.82, 2.24) is 5.16 Å². The minimum absolute atomic E-state index is 0.00941. The van der Waals surface area contributed by atoms with Gasteiger partial charge in [0.15, 0.2) is 0 Å². The Morgan fingerprint density at radius 2 is 2.16 bits per heavy atom. The number of carbonyl (C=O) groups excluding carboxylic acids is 1. The van der Waals surface area contributed by atoms with Gasteiger partial charge in [0.2, 0.25) is 0 Å². The molecule has 2 heterocycles. The Kier molecular flexibility index (Phi) is 5.87. The van der Waals surface area contributed by atoms with Crippen LogP contribution in [-0.2, 0) is 12.8 Å². The van der Waals surface area contributed by atoms with Gasteiger partial charge in [-0.1, -0.05) is 43.6 Å². The van der Waals surface area contributed by atoms with E-state index in [4.69, 9.17) is 16.1 Å². The van der Waals surface area contributed by atoms with Gasteiger partial charge in [-0.05, 0) is 55.2 Å². The van der Waals surface area contributed by atoms with Crippen molar-refractivity contribution in [1.29, 1.82) is 5.26 Å². The molecule has 0 aliphatic heterocycles. The van der Waals surface area contributed by atoms with Crippen molar-refractivity contribution >= 4 is 33.8 Å². The number of rotatable bonds is 3. The predicted octanol–water partition coefficient (Wildman–Crippen LogP) is 6.78. The number of thiophene rings is 1. The zero-order valence-electron chi connectivity index (χ0n) is 18.3. The highest BCUT2D eigenvalue weighted by atomic mass is 35.5. The van der Waals surface area contributed by atoms with Crippen molar-refractivity contribution in [3.63, 3.8) is 0 Å². The average Bonchev–Trinajstić information content (AvgIpc) is 3.26. The van der Waals surface area contributed by atoms with E-state index >= 15 is 0 Å². The number of hydrogen-bond acceptors (Lipinski definition) is 5. The third kappa shape index (κ3) is 3.94. The second kappa shape index (κ2) is 8.34. The van der Waals surface area contributed by atoms with E-state index in [-0.39, 0.29) is 33.0 Å². The van der Waals surface area contributed by atoms with Crippen LogP contribution in [-0.4, -0.2) is 11.1 Å². The van der Waals surface area contributed by atoms with Crippen molar-refractivity contribution in [3.8, 4) is 17.3 Å². The maximum absolute atomic E-state index is 14.5. The molecular weight excluding hydrogens is 449 g/mol. The largest absolute Gasteiger partial charge is 0.360 e. The summed E-state index contributed by atoms with van der Waals surface area (Å²) in [5, 5.41) is 17.2. The lowest BCUT2D eigenvalue weighted by Crippen LogP contribution is -2.26. The molecule has 1 aromatic carbocycles. The second-order valence-electron chi connectivity index (χ2n) is 9.14. The van der Waals surface area contributed by atoms with Gasteiger partial charge in [-0.2, -0.15) is 5.26 Å². The highest BCUT2D eigenvalue weighted by Gasteiger charge is 2.33. The monoisotopic (exact) mass is 471 g/mol. The van der Waals surface area contributed by atoms with Crippen molar-refractivity contribution in [2.45, 2.75) is 47.0 Å². The van der Waals surface area contributed by atoms with Crippen LogP contribution in [0.25, 0.3) is 11.3 Å². The van der Waals surface area contributed by atoms with Crippen LogP contribution in [0.3, 0.4) is 0 Å². The normalized spacial score (nSPS) is 15.8. The zero-order valence-corrected chi connectivity index (χ0v) is 19.9. The molecule has 1 atom stereocenters. The van der Waals surface area contributed by atoms with Gasteiger partial charge >= 0.3 is 0 Å². The Labute approximate surface area is 195 Å². The fourth-order valence-electron chi connectivity index (χ4n) is 4.23. The molecule has 0 saturated carbocycles. The van der Waals surface area contributed by atoms with Crippen molar-refractivity contribution in [2.75, 3.05) is 5.32 Å². The third-order valence-electron chi connectivity index (χ3n) is 6.12. The highest BCUT2D eigenvalue weighted by Crippen LogP contribution is 2.44. The summed E-state index contributed by atoms with van der Waals surface area (Å²) in [6.45, 7) is 8.27. The third-order valence-corrected chi connectivity index (χ3v) is 7.60. The number of benzene rings is 1. The molecule has 2 aromatic heterocycles. The molecule has 1 aliphatic carbocycles. The fraction of sp³-hybridized carbons (Fsp3) is 0.375. The molecule has 0 bridgehead atoms. The number of hydrogen-bond donors (Lipinski definition) is 1. The van der Waals surface area contributed by atoms with E-state index in [0.29, 0.717) is 16.5 Å². The minimum Gasteiger partial charge on any atom is -0.360 e. The number of aryl methyl sites for hydroxylation is 1. The lowest BCUT2D eigenvalue weighted by molar-refractivity contribution is 0.102. The molecule has 1 N–H and O–H groups in total. The molecule has 1 aliphatic rings. The molecule has 32 heavy (non-hydrogen) atoms. The number of nitriles is 1. The summed E-state index contributed by atoms with van der Waals surface area (Å²) in [7, 11) is 0. The van der Waals surface area contributed by atoms with Crippen LogP contribution in [0.4, 0.5) is 9.39 Å².